The third-order valence-corrected chi connectivity index (χ3v) is 2.94. The fourth-order valence-corrected chi connectivity index (χ4v) is 2.00. The third kappa shape index (κ3) is 2.64. The SMILES string of the molecule is ClCCCNCC1COc2ccccc21. The highest BCUT2D eigenvalue weighted by atomic mass is 35.5. The monoisotopic (exact) mass is 225 g/mol. The van der Waals surface area contributed by atoms with Gasteiger partial charge in [0.2, 0.25) is 0 Å². The molecule has 0 aromatic heterocycles. The van der Waals surface area contributed by atoms with E-state index in [1.54, 1.807) is 0 Å². The van der Waals surface area contributed by atoms with Crippen LogP contribution in [0.5, 0.6) is 5.75 Å². The topological polar surface area (TPSA) is 21.3 Å². The minimum atomic E-state index is 0.497. The van der Waals surface area contributed by atoms with Crippen molar-refractivity contribution in [3.8, 4) is 5.75 Å². The highest BCUT2D eigenvalue weighted by Crippen LogP contribution is 2.32. The first-order chi connectivity index (χ1) is 7.42. The first-order valence-corrected chi connectivity index (χ1v) is 5.93. The maximum Gasteiger partial charge on any atom is 0.122 e. The van der Waals surface area contributed by atoms with E-state index in [1.807, 2.05) is 12.1 Å². The van der Waals surface area contributed by atoms with Gasteiger partial charge in [-0.1, -0.05) is 18.2 Å². The van der Waals surface area contributed by atoms with E-state index in [4.69, 9.17) is 16.3 Å². The average molecular weight is 226 g/mol. The van der Waals surface area contributed by atoms with Crippen LogP contribution in [0.15, 0.2) is 24.3 Å². The predicted molar refractivity (Wildman–Crippen MR) is 62.9 cm³/mol. The summed E-state index contributed by atoms with van der Waals surface area (Å²) in [4.78, 5) is 0. The van der Waals surface area contributed by atoms with Crippen molar-refractivity contribution in [3.05, 3.63) is 29.8 Å². The molecule has 1 aromatic carbocycles. The lowest BCUT2D eigenvalue weighted by atomic mass is 10.0. The second-order valence-corrected chi connectivity index (χ2v) is 4.17. The van der Waals surface area contributed by atoms with E-state index >= 15 is 0 Å². The summed E-state index contributed by atoms with van der Waals surface area (Å²) >= 11 is 5.61. The van der Waals surface area contributed by atoms with Gasteiger partial charge < -0.3 is 10.1 Å². The Morgan fingerprint density at radius 2 is 2.27 bits per heavy atom. The molecule has 0 radical (unpaired) electrons. The zero-order chi connectivity index (χ0) is 10.5. The van der Waals surface area contributed by atoms with Gasteiger partial charge in [-0.25, -0.2) is 0 Å². The van der Waals surface area contributed by atoms with Crippen LogP contribution >= 0.6 is 11.6 Å². The van der Waals surface area contributed by atoms with Crippen LogP contribution in [-0.4, -0.2) is 25.6 Å². The molecule has 2 rings (SSSR count). The smallest absolute Gasteiger partial charge is 0.122 e. The molecule has 0 saturated heterocycles. The minimum absolute atomic E-state index is 0.497. The van der Waals surface area contributed by atoms with E-state index in [0.29, 0.717) is 5.92 Å². The number of halogens is 1. The van der Waals surface area contributed by atoms with Gasteiger partial charge in [0.15, 0.2) is 0 Å². The predicted octanol–water partition coefficient (Wildman–Crippen LogP) is 2.38. The van der Waals surface area contributed by atoms with Gasteiger partial charge in [-0.3, -0.25) is 0 Å². The molecule has 0 amide bonds. The molecule has 1 N–H and O–H groups in total. The summed E-state index contributed by atoms with van der Waals surface area (Å²) < 4.78 is 5.60. The molecule has 1 aliphatic rings. The lowest BCUT2D eigenvalue weighted by molar-refractivity contribution is 0.326. The van der Waals surface area contributed by atoms with Crippen LogP contribution in [0.3, 0.4) is 0 Å². The van der Waals surface area contributed by atoms with Gasteiger partial charge >= 0.3 is 0 Å². The van der Waals surface area contributed by atoms with Crippen molar-refractivity contribution >= 4 is 11.6 Å². The van der Waals surface area contributed by atoms with Crippen LogP contribution in [0.4, 0.5) is 0 Å². The zero-order valence-corrected chi connectivity index (χ0v) is 9.46. The van der Waals surface area contributed by atoms with Crippen molar-refractivity contribution in [2.75, 3.05) is 25.6 Å². The molecule has 1 heterocycles. The summed E-state index contributed by atoms with van der Waals surface area (Å²) in [5, 5.41) is 3.40. The Kier molecular flexibility index (Phi) is 3.87. The van der Waals surface area contributed by atoms with Crippen LogP contribution in [0, 0.1) is 0 Å². The number of nitrogens with one attached hydrogen (secondary N) is 1. The van der Waals surface area contributed by atoms with Crippen molar-refractivity contribution in [3.63, 3.8) is 0 Å². The van der Waals surface area contributed by atoms with Gasteiger partial charge in [-0.05, 0) is 19.0 Å². The summed E-state index contributed by atoms with van der Waals surface area (Å²) in [5.41, 5.74) is 1.33. The minimum Gasteiger partial charge on any atom is -0.493 e. The molecule has 2 nitrogen and oxygen atoms in total. The number of benzene rings is 1. The van der Waals surface area contributed by atoms with Crippen molar-refractivity contribution < 1.29 is 4.74 Å². The quantitative estimate of drug-likeness (QED) is 0.614. The van der Waals surface area contributed by atoms with Gasteiger partial charge in [0, 0.05) is 23.9 Å². The van der Waals surface area contributed by atoms with Crippen LogP contribution in [0.1, 0.15) is 17.9 Å². The number of fused-ring (bicyclic) bond motifs is 1. The highest BCUT2D eigenvalue weighted by Gasteiger charge is 2.22. The highest BCUT2D eigenvalue weighted by molar-refractivity contribution is 6.17. The molecule has 0 saturated carbocycles. The number of hydrogen-bond acceptors (Lipinski definition) is 2. The molecule has 15 heavy (non-hydrogen) atoms. The molecule has 1 unspecified atom stereocenters. The molecule has 0 aliphatic carbocycles. The Morgan fingerprint density at radius 1 is 1.40 bits per heavy atom. The molecule has 1 atom stereocenters. The van der Waals surface area contributed by atoms with Gasteiger partial charge in [-0.15, -0.1) is 11.6 Å². The van der Waals surface area contributed by atoms with E-state index in [-0.39, 0.29) is 0 Å². The number of hydrogen-bond donors (Lipinski definition) is 1. The van der Waals surface area contributed by atoms with E-state index < -0.39 is 0 Å². The average Bonchev–Trinajstić information content (AvgIpc) is 2.68. The molecule has 3 heteroatoms. The molecule has 0 spiro atoms. The molecule has 1 aliphatic heterocycles. The zero-order valence-electron chi connectivity index (χ0n) is 8.71. The van der Waals surface area contributed by atoms with Crippen molar-refractivity contribution in [1.29, 1.82) is 0 Å². The Morgan fingerprint density at radius 3 is 3.13 bits per heavy atom. The molecule has 0 fully saturated rings. The van der Waals surface area contributed by atoms with Crippen LogP contribution in [0.25, 0.3) is 0 Å². The van der Waals surface area contributed by atoms with E-state index in [1.165, 1.54) is 5.56 Å². The van der Waals surface area contributed by atoms with Crippen molar-refractivity contribution in [2.24, 2.45) is 0 Å². The van der Waals surface area contributed by atoms with E-state index in [2.05, 4.69) is 17.4 Å². The molecular formula is C12H16ClNO. The standard InChI is InChI=1S/C12H16ClNO/c13-6-3-7-14-8-10-9-15-12-5-2-1-4-11(10)12/h1-2,4-5,10,14H,3,6-9H2. The van der Waals surface area contributed by atoms with Gasteiger partial charge in [-0.2, -0.15) is 0 Å². The maximum absolute atomic E-state index is 5.61. The van der Waals surface area contributed by atoms with E-state index in [9.17, 15) is 0 Å². The first-order valence-electron chi connectivity index (χ1n) is 5.40. The normalized spacial score (nSPS) is 18.6. The molecule has 82 valence electrons. The Labute approximate surface area is 95.6 Å². The number of para-hydroxylation sites is 1. The summed E-state index contributed by atoms with van der Waals surface area (Å²) in [7, 11) is 0. The maximum atomic E-state index is 5.61. The third-order valence-electron chi connectivity index (χ3n) is 2.68. The van der Waals surface area contributed by atoms with E-state index in [0.717, 1.165) is 37.7 Å². The van der Waals surface area contributed by atoms with Crippen LogP contribution < -0.4 is 10.1 Å². The Bertz CT molecular complexity index is 316. The van der Waals surface area contributed by atoms with Crippen LogP contribution in [-0.2, 0) is 0 Å². The largest absolute Gasteiger partial charge is 0.493 e. The Hall–Kier alpha value is -0.730. The van der Waals surface area contributed by atoms with Gasteiger partial charge in [0.25, 0.3) is 0 Å². The molecule has 1 aromatic rings. The summed E-state index contributed by atoms with van der Waals surface area (Å²) in [5.74, 6) is 2.27. The Balaban J connectivity index is 1.85. The van der Waals surface area contributed by atoms with Crippen molar-refractivity contribution in [2.45, 2.75) is 12.3 Å². The fourth-order valence-electron chi connectivity index (χ4n) is 1.87. The summed E-state index contributed by atoms with van der Waals surface area (Å²) in [6.45, 7) is 2.77. The summed E-state index contributed by atoms with van der Waals surface area (Å²) in [6, 6.07) is 8.27. The molecular weight excluding hydrogens is 210 g/mol. The summed E-state index contributed by atoms with van der Waals surface area (Å²) in [6.07, 6.45) is 1.02. The number of alkyl halides is 1. The van der Waals surface area contributed by atoms with Crippen molar-refractivity contribution in [1.82, 2.24) is 5.32 Å². The number of rotatable bonds is 5. The van der Waals surface area contributed by atoms with Gasteiger partial charge in [0.1, 0.15) is 5.75 Å². The fraction of sp³-hybridized carbons (Fsp3) is 0.500. The second-order valence-electron chi connectivity index (χ2n) is 3.79. The molecule has 0 bridgehead atoms. The first kappa shape index (κ1) is 10.8. The lowest BCUT2D eigenvalue weighted by Crippen LogP contribution is -2.23. The second kappa shape index (κ2) is 5.38. The van der Waals surface area contributed by atoms with Crippen LogP contribution in [0.2, 0.25) is 0 Å². The number of ether oxygens (including phenoxy) is 1. The van der Waals surface area contributed by atoms with Gasteiger partial charge in [0.05, 0.1) is 6.61 Å². The lowest BCUT2D eigenvalue weighted by Gasteiger charge is -2.09.